The Morgan fingerprint density at radius 3 is 2.59 bits per heavy atom. The lowest BCUT2D eigenvalue weighted by Crippen LogP contribution is -2.03. The molecule has 6 nitrogen and oxygen atoms in total. The fourth-order valence-corrected chi connectivity index (χ4v) is 4.14. The molecule has 1 atom stereocenters. The first-order chi connectivity index (χ1) is 13.9. The van der Waals surface area contributed by atoms with Crippen molar-refractivity contribution in [1.29, 1.82) is 0 Å². The van der Waals surface area contributed by atoms with E-state index in [-0.39, 0.29) is 5.25 Å². The molecule has 8 heteroatoms. The number of hydrogen-bond donors (Lipinski definition) is 0. The van der Waals surface area contributed by atoms with Gasteiger partial charge in [-0.1, -0.05) is 52.8 Å². The highest BCUT2D eigenvalue weighted by Gasteiger charge is 2.23. The van der Waals surface area contributed by atoms with Gasteiger partial charge < -0.3 is 4.52 Å². The standard InChI is InChI=1S/C21H20ClN5OS/c1-12-9-10-13(2)18(11-12)27-19(16-7-5-6-8-17(16)22)24-25-21(27)29-14(3)20-23-15(4)26-28-20/h5-11,14H,1-4H3/t14-/m1/s1. The monoisotopic (exact) mass is 425 g/mol. The number of nitrogens with zero attached hydrogens (tertiary/aromatic N) is 5. The van der Waals surface area contributed by atoms with Crippen LogP contribution < -0.4 is 0 Å². The maximum Gasteiger partial charge on any atom is 0.239 e. The Hall–Kier alpha value is -2.64. The lowest BCUT2D eigenvalue weighted by atomic mass is 10.1. The molecule has 29 heavy (non-hydrogen) atoms. The molecular weight excluding hydrogens is 406 g/mol. The molecule has 0 fully saturated rings. The van der Waals surface area contributed by atoms with E-state index in [0.29, 0.717) is 22.6 Å². The molecule has 2 aromatic carbocycles. The van der Waals surface area contributed by atoms with Crippen LogP contribution in [0.5, 0.6) is 0 Å². The highest BCUT2D eigenvalue weighted by molar-refractivity contribution is 7.99. The van der Waals surface area contributed by atoms with Gasteiger partial charge in [0.05, 0.1) is 16.0 Å². The number of aromatic nitrogens is 5. The van der Waals surface area contributed by atoms with E-state index in [2.05, 4.69) is 52.4 Å². The predicted molar refractivity (Wildman–Crippen MR) is 115 cm³/mol. The Morgan fingerprint density at radius 2 is 1.86 bits per heavy atom. The number of hydrogen-bond acceptors (Lipinski definition) is 6. The Balaban J connectivity index is 1.86. The smallest absolute Gasteiger partial charge is 0.239 e. The molecule has 0 aliphatic heterocycles. The highest BCUT2D eigenvalue weighted by Crippen LogP contribution is 2.38. The van der Waals surface area contributed by atoms with Gasteiger partial charge in [-0.15, -0.1) is 10.2 Å². The SMILES string of the molecule is Cc1ccc(C)c(-n2c(S[C@H](C)c3nc(C)no3)nnc2-c2ccccc2Cl)c1. The van der Waals surface area contributed by atoms with Crippen molar-refractivity contribution in [2.75, 3.05) is 0 Å². The minimum absolute atomic E-state index is 0.0802. The van der Waals surface area contributed by atoms with Gasteiger partial charge in [0.2, 0.25) is 5.89 Å². The van der Waals surface area contributed by atoms with Crippen LogP contribution in [-0.4, -0.2) is 24.9 Å². The fraction of sp³-hybridized carbons (Fsp3) is 0.238. The van der Waals surface area contributed by atoms with Crippen molar-refractivity contribution in [3.05, 3.63) is 70.3 Å². The number of thioether (sulfide) groups is 1. The van der Waals surface area contributed by atoms with Gasteiger partial charge in [0.1, 0.15) is 0 Å². The van der Waals surface area contributed by atoms with E-state index in [0.717, 1.165) is 27.5 Å². The number of rotatable bonds is 5. The number of halogens is 1. The third-order valence-corrected chi connectivity index (χ3v) is 5.89. The zero-order valence-electron chi connectivity index (χ0n) is 16.5. The second-order valence-corrected chi connectivity index (χ2v) is 8.57. The van der Waals surface area contributed by atoms with Crippen LogP contribution in [-0.2, 0) is 0 Å². The molecule has 2 heterocycles. The van der Waals surface area contributed by atoms with Gasteiger partial charge in [-0.05, 0) is 57.0 Å². The largest absolute Gasteiger partial charge is 0.338 e. The lowest BCUT2D eigenvalue weighted by molar-refractivity contribution is 0.376. The van der Waals surface area contributed by atoms with Crippen LogP contribution in [0.15, 0.2) is 52.1 Å². The van der Waals surface area contributed by atoms with Crippen molar-refractivity contribution in [1.82, 2.24) is 24.9 Å². The molecule has 0 aliphatic rings. The summed E-state index contributed by atoms with van der Waals surface area (Å²) in [6, 6.07) is 14.0. The molecule has 4 aromatic rings. The zero-order valence-corrected chi connectivity index (χ0v) is 18.1. The number of benzene rings is 2. The Morgan fingerprint density at radius 1 is 1.07 bits per heavy atom. The molecule has 148 valence electrons. The molecule has 0 saturated heterocycles. The Labute approximate surface area is 178 Å². The topological polar surface area (TPSA) is 69.6 Å². The minimum Gasteiger partial charge on any atom is -0.338 e. The average molecular weight is 426 g/mol. The summed E-state index contributed by atoms with van der Waals surface area (Å²) in [5.41, 5.74) is 4.12. The summed E-state index contributed by atoms with van der Waals surface area (Å²) in [4.78, 5) is 4.34. The van der Waals surface area contributed by atoms with E-state index < -0.39 is 0 Å². The van der Waals surface area contributed by atoms with Crippen LogP contribution in [0.2, 0.25) is 5.02 Å². The van der Waals surface area contributed by atoms with Crippen LogP contribution in [0.4, 0.5) is 0 Å². The highest BCUT2D eigenvalue weighted by atomic mass is 35.5. The van der Waals surface area contributed by atoms with E-state index in [4.69, 9.17) is 16.1 Å². The van der Waals surface area contributed by atoms with Gasteiger partial charge >= 0.3 is 0 Å². The average Bonchev–Trinajstić information content (AvgIpc) is 3.30. The van der Waals surface area contributed by atoms with Crippen LogP contribution >= 0.6 is 23.4 Å². The summed E-state index contributed by atoms with van der Waals surface area (Å²) in [5, 5.41) is 14.1. The van der Waals surface area contributed by atoms with E-state index >= 15 is 0 Å². The molecule has 0 saturated carbocycles. The van der Waals surface area contributed by atoms with Crippen molar-refractivity contribution in [2.24, 2.45) is 0 Å². The van der Waals surface area contributed by atoms with Gasteiger partial charge in [0, 0.05) is 5.56 Å². The van der Waals surface area contributed by atoms with Gasteiger partial charge in [-0.25, -0.2) is 0 Å². The summed E-state index contributed by atoms with van der Waals surface area (Å²) in [6.45, 7) is 7.96. The van der Waals surface area contributed by atoms with Gasteiger partial charge in [-0.3, -0.25) is 4.57 Å². The first-order valence-electron chi connectivity index (χ1n) is 9.19. The predicted octanol–water partition coefficient (Wildman–Crippen LogP) is 5.75. The Kier molecular flexibility index (Phi) is 5.43. The fourth-order valence-electron chi connectivity index (χ4n) is 3.03. The maximum absolute atomic E-state index is 6.48. The number of aryl methyl sites for hydroxylation is 3. The molecule has 0 N–H and O–H groups in total. The van der Waals surface area contributed by atoms with Crippen molar-refractivity contribution in [2.45, 2.75) is 38.1 Å². The Bertz CT molecular complexity index is 1170. The van der Waals surface area contributed by atoms with Crippen molar-refractivity contribution < 1.29 is 4.52 Å². The first-order valence-corrected chi connectivity index (χ1v) is 10.4. The maximum atomic E-state index is 6.48. The zero-order chi connectivity index (χ0) is 20.5. The third kappa shape index (κ3) is 3.93. The van der Waals surface area contributed by atoms with E-state index in [1.54, 1.807) is 6.92 Å². The molecule has 0 radical (unpaired) electrons. The van der Waals surface area contributed by atoms with E-state index in [1.165, 1.54) is 11.8 Å². The molecular formula is C21H20ClN5OS. The second-order valence-electron chi connectivity index (χ2n) is 6.85. The molecule has 0 bridgehead atoms. The van der Waals surface area contributed by atoms with Crippen LogP contribution in [0.25, 0.3) is 17.1 Å². The summed E-state index contributed by atoms with van der Waals surface area (Å²) in [7, 11) is 0. The normalized spacial score (nSPS) is 12.3. The third-order valence-electron chi connectivity index (χ3n) is 4.53. The van der Waals surface area contributed by atoms with Gasteiger partial charge in [0.15, 0.2) is 16.8 Å². The van der Waals surface area contributed by atoms with Crippen molar-refractivity contribution in [3.63, 3.8) is 0 Å². The van der Waals surface area contributed by atoms with Gasteiger partial charge in [0.25, 0.3) is 0 Å². The summed E-state index contributed by atoms with van der Waals surface area (Å²) >= 11 is 8.00. The van der Waals surface area contributed by atoms with Crippen molar-refractivity contribution >= 4 is 23.4 Å². The van der Waals surface area contributed by atoms with E-state index in [9.17, 15) is 0 Å². The van der Waals surface area contributed by atoms with Crippen LogP contribution in [0.3, 0.4) is 0 Å². The minimum atomic E-state index is -0.0802. The second kappa shape index (κ2) is 8.00. The van der Waals surface area contributed by atoms with Gasteiger partial charge in [-0.2, -0.15) is 4.98 Å². The molecule has 0 amide bonds. The molecule has 4 rings (SSSR count). The van der Waals surface area contributed by atoms with E-state index in [1.807, 2.05) is 35.8 Å². The quantitative estimate of drug-likeness (QED) is 0.379. The lowest BCUT2D eigenvalue weighted by Gasteiger charge is -2.15. The molecule has 2 aromatic heterocycles. The molecule has 0 spiro atoms. The molecule has 0 aliphatic carbocycles. The van der Waals surface area contributed by atoms with Crippen molar-refractivity contribution in [3.8, 4) is 17.1 Å². The van der Waals surface area contributed by atoms with Crippen LogP contribution in [0.1, 0.15) is 35.0 Å². The summed E-state index contributed by atoms with van der Waals surface area (Å²) < 4.78 is 7.39. The first kappa shape index (κ1) is 19.7. The van der Waals surface area contributed by atoms with Crippen LogP contribution in [0, 0.1) is 20.8 Å². The molecule has 0 unspecified atom stereocenters. The summed E-state index contributed by atoms with van der Waals surface area (Å²) in [5.74, 6) is 1.86. The summed E-state index contributed by atoms with van der Waals surface area (Å²) in [6.07, 6.45) is 0.